The maximum absolute atomic E-state index is 13.8. The smallest absolute Gasteiger partial charge is 0.341 e. The summed E-state index contributed by atoms with van der Waals surface area (Å²) in [6.07, 6.45) is 0. The molecule has 3 rings (SSSR count). The van der Waals surface area contributed by atoms with Gasteiger partial charge in [-0.05, 0) is 23.8 Å². The van der Waals surface area contributed by atoms with E-state index < -0.39 is 11.8 Å². The van der Waals surface area contributed by atoms with E-state index >= 15 is 0 Å². The molecule has 0 amide bonds. The fourth-order valence-electron chi connectivity index (χ4n) is 2.63. The number of nitrogens with one attached hydrogen (secondary N) is 1. The van der Waals surface area contributed by atoms with E-state index in [-0.39, 0.29) is 5.56 Å². The lowest BCUT2D eigenvalue weighted by atomic mass is 10.1. The monoisotopic (exact) mass is 341 g/mol. The van der Waals surface area contributed by atoms with Crippen molar-refractivity contribution >= 4 is 16.9 Å². The predicted molar refractivity (Wildman–Crippen MR) is 94.9 cm³/mol. The van der Waals surface area contributed by atoms with Crippen LogP contribution in [0.4, 0.5) is 4.39 Å². The van der Waals surface area contributed by atoms with E-state index in [1.807, 2.05) is 24.3 Å². The second-order valence-electron chi connectivity index (χ2n) is 6.21. The molecule has 0 aliphatic rings. The summed E-state index contributed by atoms with van der Waals surface area (Å²) >= 11 is 0. The molecular weight excluding hydrogens is 321 g/mol. The molecule has 2 aromatic carbocycles. The van der Waals surface area contributed by atoms with Crippen LogP contribution in [0.25, 0.3) is 22.3 Å². The molecule has 0 bridgehead atoms. The Bertz CT molecular complexity index is 897. The van der Waals surface area contributed by atoms with Gasteiger partial charge in [-0.3, -0.25) is 0 Å². The van der Waals surface area contributed by atoms with Gasteiger partial charge in [0.05, 0.1) is 7.11 Å². The predicted octanol–water partition coefficient (Wildman–Crippen LogP) is 4.52. The molecule has 130 valence electrons. The van der Waals surface area contributed by atoms with E-state index in [2.05, 4.69) is 19.2 Å². The summed E-state index contributed by atoms with van der Waals surface area (Å²) in [7, 11) is 1.26. The second kappa shape index (κ2) is 7.07. The summed E-state index contributed by atoms with van der Waals surface area (Å²) in [6.45, 7) is 4.98. The summed E-state index contributed by atoms with van der Waals surface area (Å²) in [5.41, 5.74) is 2.44. The van der Waals surface area contributed by atoms with Crippen LogP contribution in [0.5, 0.6) is 0 Å². The molecule has 4 nitrogen and oxygen atoms in total. The van der Waals surface area contributed by atoms with Crippen LogP contribution < -0.4 is 5.32 Å². The van der Waals surface area contributed by atoms with Crippen LogP contribution in [0.2, 0.25) is 0 Å². The van der Waals surface area contributed by atoms with Crippen LogP contribution in [-0.4, -0.2) is 19.1 Å². The van der Waals surface area contributed by atoms with Crippen LogP contribution >= 0.6 is 0 Å². The van der Waals surface area contributed by atoms with Crippen LogP contribution in [0.3, 0.4) is 0 Å². The second-order valence-corrected chi connectivity index (χ2v) is 6.21. The molecule has 0 spiro atoms. The molecule has 0 aliphatic carbocycles. The van der Waals surface area contributed by atoms with Gasteiger partial charge in [-0.2, -0.15) is 0 Å². The van der Waals surface area contributed by atoms with E-state index in [9.17, 15) is 9.18 Å². The third-order valence-electron chi connectivity index (χ3n) is 3.94. The molecule has 1 aromatic heterocycles. The van der Waals surface area contributed by atoms with E-state index in [0.29, 0.717) is 22.8 Å². The lowest BCUT2D eigenvalue weighted by Gasteiger charge is -2.08. The highest BCUT2D eigenvalue weighted by Gasteiger charge is 2.17. The molecule has 0 radical (unpaired) electrons. The van der Waals surface area contributed by atoms with E-state index in [4.69, 9.17) is 9.15 Å². The molecule has 1 heterocycles. The van der Waals surface area contributed by atoms with Crippen molar-refractivity contribution in [1.82, 2.24) is 5.32 Å². The molecular formula is C20H20FNO3. The normalized spacial score (nSPS) is 11.2. The molecule has 5 heteroatoms. The zero-order valence-corrected chi connectivity index (χ0v) is 14.4. The number of furan rings is 1. The average molecular weight is 341 g/mol. The topological polar surface area (TPSA) is 51.5 Å². The van der Waals surface area contributed by atoms with Gasteiger partial charge in [0.2, 0.25) is 0 Å². The lowest BCUT2D eigenvalue weighted by Crippen LogP contribution is -2.21. The Morgan fingerprint density at radius 1 is 1.20 bits per heavy atom. The quantitative estimate of drug-likeness (QED) is 0.693. The van der Waals surface area contributed by atoms with Gasteiger partial charge >= 0.3 is 5.97 Å². The minimum atomic E-state index is -0.625. The maximum Gasteiger partial charge on any atom is 0.341 e. The first-order valence-electron chi connectivity index (χ1n) is 8.12. The Morgan fingerprint density at radius 3 is 2.56 bits per heavy atom. The highest BCUT2D eigenvalue weighted by Crippen LogP contribution is 2.31. The number of esters is 1. The Kier molecular flexibility index (Phi) is 4.86. The zero-order valence-electron chi connectivity index (χ0n) is 14.4. The van der Waals surface area contributed by atoms with Crippen molar-refractivity contribution < 1.29 is 18.3 Å². The van der Waals surface area contributed by atoms with Gasteiger partial charge in [-0.25, -0.2) is 9.18 Å². The van der Waals surface area contributed by atoms with Gasteiger partial charge in [0.15, 0.2) is 0 Å². The Hall–Kier alpha value is -2.66. The highest BCUT2D eigenvalue weighted by atomic mass is 19.1. The van der Waals surface area contributed by atoms with Crippen molar-refractivity contribution in [2.75, 3.05) is 7.11 Å². The third-order valence-corrected chi connectivity index (χ3v) is 3.94. The van der Waals surface area contributed by atoms with Crippen molar-refractivity contribution in [2.24, 2.45) is 0 Å². The number of hydrogen-bond donors (Lipinski definition) is 1. The van der Waals surface area contributed by atoms with Crippen molar-refractivity contribution in [3.05, 3.63) is 59.4 Å². The molecule has 0 atom stereocenters. The average Bonchev–Trinajstić information content (AvgIpc) is 3.02. The van der Waals surface area contributed by atoms with E-state index in [1.54, 1.807) is 6.07 Å². The van der Waals surface area contributed by atoms with Crippen molar-refractivity contribution in [3.63, 3.8) is 0 Å². The summed E-state index contributed by atoms with van der Waals surface area (Å²) < 4.78 is 24.3. The molecule has 25 heavy (non-hydrogen) atoms. The van der Waals surface area contributed by atoms with Crippen molar-refractivity contribution in [3.8, 4) is 11.3 Å². The first-order chi connectivity index (χ1) is 12.0. The van der Waals surface area contributed by atoms with Gasteiger partial charge in [-0.15, -0.1) is 0 Å². The van der Waals surface area contributed by atoms with E-state index in [0.717, 1.165) is 23.7 Å². The number of benzene rings is 2. The summed E-state index contributed by atoms with van der Waals surface area (Å²) in [5.74, 6) is -0.551. The minimum Gasteiger partial charge on any atom is -0.465 e. The van der Waals surface area contributed by atoms with Gasteiger partial charge in [0, 0.05) is 23.5 Å². The molecule has 3 aromatic rings. The van der Waals surface area contributed by atoms with Crippen LogP contribution in [0.15, 0.2) is 46.9 Å². The number of hydrogen-bond acceptors (Lipinski definition) is 4. The third kappa shape index (κ3) is 3.72. The number of carbonyl (C=O) groups is 1. The first-order valence-corrected chi connectivity index (χ1v) is 8.12. The number of fused-ring (bicyclic) bond motifs is 1. The summed E-state index contributed by atoms with van der Waals surface area (Å²) in [5, 5.41) is 3.89. The summed E-state index contributed by atoms with van der Waals surface area (Å²) in [6, 6.07) is 12.5. The van der Waals surface area contributed by atoms with Crippen LogP contribution in [0.1, 0.15) is 29.8 Å². The van der Waals surface area contributed by atoms with Crippen molar-refractivity contribution in [1.29, 1.82) is 0 Å². The Morgan fingerprint density at radius 2 is 1.92 bits per heavy atom. The molecule has 0 saturated heterocycles. The zero-order chi connectivity index (χ0) is 18.0. The number of rotatable bonds is 5. The standard InChI is InChI=1S/C20H20FNO3/c1-12(2)22-11-13-4-6-14(7-5-13)18-9-15-8-16(21)10-17(19(15)25-18)20(23)24-3/h4-10,12,22H,11H2,1-3H3. The highest BCUT2D eigenvalue weighted by molar-refractivity contribution is 6.03. The number of ether oxygens (including phenoxy) is 1. The molecule has 0 aliphatic heterocycles. The largest absolute Gasteiger partial charge is 0.465 e. The molecule has 1 N–H and O–H groups in total. The number of halogens is 1. The summed E-state index contributed by atoms with van der Waals surface area (Å²) in [4.78, 5) is 11.8. The molecule has 0 saturated carbocycles. The SMILES string of the molecule is COC(=O)c1cc(F)cc2cc(-c3ccc(CNC(C)C)cc3)oc12. The number of methoxy groups -OCH3 is 1. The van der Waals surface area contributed by atoms with Gasteiger partial charge in [0.25, 0.3) is 0 Å². The fraction of sp³-hybridized carbons (Fsp3) is 0.250. The van der Waals surface area contributed by atoms with Gasteiger partial charge in [-0.1, -0.05) is 38.1 Å². The van der Waals surface area contributed by atoms with Crippen LogP contribution in [0, 0.1) is 5.82 Å². The number of carbonyl (C=O) groups excluding carboxylic acids is 1. The van der Waals surface area contributed by atoms with Gasteiger partial charge < -0.3 is 14.5 Å². The van der Waals surface area contributed by atoms with E-state index in [1.165, 1.54) is 13.2 Å². The minimum absolute atomic E-state index is 0.0847. The molecule has 0 unspecified atom stereocenters. The fourth-order valence-corrected chi connectivity index (χ4v) is 2.63. The first kappa shape index (κ1) is 17.2. The lowest BCUT2D eigenvalue weighted by molar-refractivity contribution is 0.0601. The van der Waals surface area contributed by atoms with Crippen LogP contribution in [-0.2, 0) is 11.3 Å². The Labute approximate surface area is 145 Å². The molecule has 0 fully saturated rings. The maximum atomic E-state index is 13.8. The van der Waals surface area contributed by atoms with Gasteiger partial charge in [0.1, 0.15) is 22.7 Å². The van der Waals surface area contributed by atoms with Crippen molar-refractivity contribution in [2.45, 2.75) is 26.4 Å². The Balaban J connectivity index is 1.95.